The Morgan fingerprint density at radius 3 is 2.76 bits per heavy atom. The summed E-state index contributed by atoms with van der Waals surface area (Å²) in [5.41, 5.74) is 2.38. The van der Waals surface area contributed by atoms with Crippen LogP contribution in [-0.4, -0.2) is 9.97 Å². The first-order valence-electron chi connectivity index (χ1n) is 5.07. The van der Waals surface area contributed by atoms with Crippen molar-refractivity contribution in [2.75, 3.05) is 0 Å². The van der Waals surface area contributed by atoms with Gasteiger partial charge >= 0.3 is 0 Å². The van der Waals surface area contributed by atoms with Gasteiger partial charge in [0.2, 0.25) is 0 Å². The molecule has 1 aromatic heterocycles. The monoisotopic (exact) mass is 265 g/mol. The molecule has 0 bridgehead atoms. The number of imidazole rings is 1. The third-order valence-corrected chi connectivity index (χ3v) is 3.21. The fourth-order valence-corrected chi connectivity index (χ4v) is 1.89. The topological polar surface area (TPSA) is 52.5 Å². The molecule has 2 rings (SSSR count). The van der Waals surface area contributed by atoms with E-state index in [-0.39, 0.29) is 0 Å². The normalized spacial score (nSPS) is 10.2. The van der Waals surface area contributed by atoms with Crippen molar-refractivity contribution in [3.05, 3.63) is 51.5 Å². The highest BCUT2D eigenvalue weighted by atomic mass is 35.5. The predicted molar refractivity (Wildman–Crippen MR) is 67.2 cm³/mol. The van der Waals surface area contributed by atoms with Gasteiger partial charge in [0.15, 0.2) is 5.69 Å². The molecule has 1 aromatic carbocycles. The predicted octanol–water partition coefficient (Wildman–Crippen LogP) is 3.37. The van der Waals surface area contributed by atoms with E-state index in [1.807, 2.05) is 18.2 Å². The fraction of sp³-hybridized carbons (Fsp3) is 0.167. The first-order valence-corrected chi connectivity index (χ1v) is 5.82. The van der Waals surface area contributed by atoms with Crippen LogP contribution in [-0.2, 0) is 12.8 Å². The standard InChI is InChI=1S/C12H9Cl2N3/c13-9-3-1-8(5-10(9)14)2-4-11-12(6-15)17-7-16-11/h1,3,5,7H,2,4H2,(H,16,17). The Morgan fingerprint density at radius 2 is 2.06 bits per heavy atom. The lowest BCUT2D eigenvalue weighted by Crippen LogP contribution is -1.94. The van der Waals surface area contributed by atoms with Gasteiger partial charge in [0.05, 0.1) is 22.1 Å². The molecule has 0 aliphatic heterocycles. The number of aromatic nitrogens is 2. The molecular weight excluding hydrogens is 257 g/mol. The molecule has 0 aliphatic rings. The molecule has 86 valence electrons. The number of rotatable bonds is 3. The Balaban J connectivity index is 2.08. The van der Waals surface area contributed by atoms with Crippen molar-refractivity contribution < 1.29 is 0 Å². The van der Waals surface area contributed by atoms with Crippen molar-refractivity contribution in [2.24, 2.45) is 0 Å². The maximum atomic E-state index is 8.81. The molecule has 5 heteroatoms. The van der Waals surface area contributed by atoms with E-state index in [1.165, 1.54) is 6.33 Å². The van der Waals surface area contributed by atoms with Gasteiger partial charge in [-0.15, -0.1) is 0 Å². The summed E-state index contributed by atoms with van der Waals surface area (Å²) in [6.07, 6.45) is 3.04. The molecule has 0 saturated carbocycles. The summed E-state index contributed by atoms with van der Waals surface area (Å²) < 4.78 is 0. The molecule has 1 heterocycles. The highest BCUT2D eigenvalue weighted by molar-refractivity contribution is 6.42. The van der Waals surface area contributed by atoms with E-state index in [9.17, 15) is 0 Å². The van der Waals surface area contributed by atoms with Crippen LogP contribution in [0.25, 0.3) is 0 Å². The fourth-order valence-electron chi connectivity index (χ4n) is 1.57. The third-order valence-electron chi connectivity index (χ3n) is 2.47. The highest BCUT2D eigenvalue weighted by Crippen LogP contribution is 2.23. The summed E-state index contributed by atoms with van der Waals surface area (Å²) in [6, 6.07) is 7.58. The highest BCUT2D eigenvalue weighted by Gasteiger charge is 2.05. The number of hydrogen-bond acceptors (Lipinski definition) is 2. The van der Waals surface area contributed by atoms with Crippen molar-refractivity contribution in [1.82, 2.24) is 9.97 Å². The van der Waals surface area contributed by atoms with E-state index in [4.69, 9.17) is 28.5 Å². The van der Waals surface area contributed by atoms with Crippen LogP contribution in [0.2, 0.25) is 10.0 Å². The largest absolute Gasteiger partial charge is 0.347 e. The molecule has 3 nitrogen and oxygen atoms in total. The van der Waals surface area contributed by atoms with E-state index in [0.29, 0.717) is 15.7 Å². The second-order valence-electron chi connectivity index (χ2n) is 3.59. The second kappa shape index (κ2) is 5.22. The summed E-state index contributed by atoms with van der Waals surface area (Å²) in [5.74, 6) is 0. The minimum absolute atomic E-state index is 0.449. The molecule has 0 atom stereocenters. The Bertz CT molecular complexity index is 569. The molecule has 2 aromatic rings. The van der Waals surface area contributed by atoms with Crippen LogP contribution >= 0.6 is 23.2 Å². The maximum Gasteiger partial charge on any atom is 0.161 e. The molecule has 0 aliphatic carbocycles. The average Bonchev–Trinajstić information content (AvgIpc) is 2.78. The number of halogens is 2. The van der Waals surface area contributed by atoms with Gasteiger partial charge in [0, 0.05) is 0 Å². The first-order chi connectivity index (χ1) is 8.20. The summed E-state index contributed by atoms with van der Waals surface area (Å²) >= 11 is 11.8. The minimum Gasteiger partial charge on any atom is -0.347 e. The summed E-state index contributed by atoms with van der Waals surface area (Å²) in [6.45, 7) is 0. The van der Waals surface area contributed by atoms with Gasteiger partial charge in [-0.05, 0) is 30.5 Å². The third kappa shape index (κ3) is 2.79. The van der Waals surface area contributed by atoms with Gasteiger partial charge in [-0.3, -0.25) is 0 Å². The van der Waals surface area contributed by atoms with E-state index < -0.39 is 0 Å². The van der Waals surface area contributed by atoms with Crippen LogP contribution in [0.4, 0.5) is 0 Å². The molecule has 0 spiro atoms. The van der Waals surface area contributed by atoms with Crippen molar-refractivity contribution >= 4 is 23.2 Å². The van der Waals surface area contributed by atoms with E-state index in [2.05, 4.69) is 9.97 Å². The minimum atomic E-state index is 0.449. The SMILES string of the molecule is N#Cc1nc[nH]c1CCc1ccc(Cl)c(Cl)c1. The van der Waals surface area contributed by atoms with Gasteiger partial charge in [0.25, 0.3) is 0 Å². The van der Waals surface area contributed by atoms with Crippen LogP contribution < -0.4 is 0 Å². The summed E-state index contributed by atoms with van der Waals surface area (Å²) in [5, 5.41) is 9.91. The molecule has 17 heavy (non-hydrogen) atoms. The summed E-state index contributed by atoms with van der Waals surface area (Å²) in [4.78, 5) is 6.88. The quantitative estimate of drug-likeness (QED) is 0.925. The molecule has 1 N–H and O–H groups in total. The Hall–Kier alpha value is -1.50. The smallest absolute Gasteiger partial charge is 0.161 e. The van der Waals surface area contributed by atoms with Crippen molar-refractivity contribution in [3.63, 3.8) is 0 Å². The Kier molecular flexibility index (Phi) is 3.68. The van der Waals surface area contributed by atoms with Gasteiger partial charge in [0.1, 0.15) is 6.07 Å². The molecule has 0 amide bonds. The van der Waals surface area contributed by atoms with Crippen LogP contribution in [0, 0.1) is 11.3 Å². The molecule has 0 saturated heterocycles. The van der Waals surface area contributed by atoms with Gasteiger partial charge < -0.3 is 4.98 Å². The van der Waals surface area contributed by atoms with Crippen molar-refractivity contribution in [1.29, 1.82) is 5.26 Å². The molecule has 0 unspecified atom stereocenters. The average molecular weight is 266 g/mol. The lowest BCUT2D eigenvalue weighted by Gasteiger charge is -2.02. The number of nitriles is 1. The number of aryl methyl sites for hydroxylation is 2. The zero-order valence-corrected chi connectivity index (χ0v) is 10.4. The van der Waals surface area contributed by atoms with Crippen LogP contribution in [0.1, 0.15) is 17.0 Å². The summed E-state index contributed by atoms with van der Waals surface area (Å²) in [7, 11) is 0. The van der Waals surface area contributed by atoms with Gasteiger partial charge in [-0.1, -0.05) is 29.3 Å². The van der Waals surface area contributed by atoms with Crippen molar-refractivity contribution in [2.45, 2.75) is 12.8 Å². The van der Waals surface area contributed by atoms with E-state index in [0.717, 1.165) is 24.1 Å². The maximum absolute atomic E-state index is 8.81. The zero-order valence-electron chi connectivity index (χ0n) is 8.87. The molecular formula is C12H9Cl2N3. The van der Waals surface area contributed by atoms with E-state index in [1.54, 1.807) is 6.07 Å². The number of H-pyrrole nitrogens is 1. The van der Waals surface area contributed by atoms with Crippen LogP contribution in [0.15, 0.2) is 24.5 Å². The Labute approximate surface area is 109 Å². The number of benzene rings is 1. The molecule has 0 fully saturated rings. The van der Waals surface area contributed by atoms with E-state index >= 15 is 0 Å². The number of aromatic amines is 1. The molecule has 0 radical (unpaired) electrons. The van der Waals surface area contributed by atoms with Gasteiger partial charge in [-0.2, -0.15) is 5.26 Å². The van der Waals surface area contributed by atoms with Crippen LogP contribution in [0.3, 0.4) is 0 Å². The van der Waals surface area contributed by atoms with Crippen LogP contribution in [0.5, 0.6) is 0 Å². The number of nitrogens with one attached hydrogen (secondary N) is 1. The number of hydrogen-bond donors (Lipinski definition) is 1. The lowest BCUT2D eigenvalue weighted by atomic mass is 10.1. The van der Waals surface area contributed by atoms with Gasteiger partial charge in [-0.25, -0.2) is 4.98 Å². The van der Waals surface area contributed by atoms with Crippen molar-refractivity contribution in [3.8, 4) is 6.07 Å². The second-order valence-corrected chi connectivity index (χ2v) is 4.40. The first kappa shape index (κ1) is 12.0. The lowest BCUT2D eigenvalue weighted by molar-refractivity contribution is 0.921. The zero-order chi connectivity index (χ0) is 12.3. The number of nitrogens with zero attached hydrogens (tertiary/aromatic N) is 2. The Morgan fingerprint density at radius 1 is 1.24 bits per heavy atom.